The lowest BCUT2D eigenvalue weighted by molar-refractivity contribution is 0.415. The van der Waals surface area contributed by atoms with E-state index < -0.39 is 0 Å². The Morgan fingerprint density at radius 3 is 2.68 bits per heavy atom. The monoisotopic (exact) mass is 311 g/mol. The molecular weight excluding hydrogens is 298 g/mol. The minimum absolute atomic E-state index is 0.0906. The maximum atomic E-state index is 12.5. The molecule has 5 heteroatoms. The fourth-order valence-corrected chi connectivity index (χ4v) is 3.98. The molecule has 0 spiro atoms. The van der Waals surface area contributed by atoms with Crippen LogP contribution in [0.15, 0.2) is 41.2 Å². The van der Waals surface area contributed by atoms with Gasteiger partial charge in [0.2, 0.25) is 0 Å². The second-order valence-electron chi connectivity index (χ2n) is 5.01. The van der Waals surface area contributed by atoms with E-state index in [1.54, 1.807) is 14.2 Å². The Bertz CT molecular complexity index is 1080. The summed E-state index contributed by atoms with van der Waals surface area (Å²) in [6, 6.07) is 11.7. The first-order valence-electron chi connectivity index (χ1n) is 6.82. The summed E-state index contributed by atoms with van der Waals surface area (Å²) < 4.78 is 12.4. The number of aromatic amines is 1. The smallest absolute Gasteiger partial charge is 0.266 e. The van der Waals surface area contributed by atoms with Gasteiger partial charge in [-0.1, -0.05) is 12.1 Å². The van der Waals surface area contributed by atoms with Gasteiger partial charge < -0.3 is 14.5 Å². The van der Waals surface area contributed by atoms with Crippen molar-refractivity contribution >= 4 is 42.4 Å². The standard InChI is InChI=1S/C17H13NO3S/c1-20-9-6-7-10-13(8-9)22-16-14(10)11-4-3-5-12(21-2)15(11)18-17(16)19/h3-8H,1-2H3,(H,18,19). The molecule has 4 rings (SSSR count). The van der Waals surface area contributed by atoms with Crippen molar-refractivity contribution in [1.29, 1.82) is 0 Å². The first-order chi connectivity index (χ1) is 10.7. The average molecular weight is 311 g/mol. The van der Waals surface area contributed by atoms with Crippen molar-refractivity contribution in [2.45, 2.75) is 0 Å². The fourth-order valence-electron chi connectivity index (χ4n) is 2.84. The third-order valence-electron chi connectivity index (χ3n) is 3.86. The van der Waals surface area contributed by atoms with Crippen LogP contribution in [-0.4, -0.2) is 19.2 Å². The van der Waals surface area contributed by atoms with Crippen LogP contribution in [-0.2, 0) is 0 Å². The quantitative estimate of drug-likeness (QED) is 0.610. The van der Waals surface area contributed by atoms with Crippen LogP contribution in [0, 0.1) is 0 Å². The van der Waals surface area contributed by atoms with Crippen LogP contribution in [0.25, 0.3) is 31.1 Å². The van der Waals surface area contributed by atoms with E-state index in [9.17, 15) is 4.79 Å². The summed E-state index contributed by atoms with van der Waals surface area (Å²) in [5.41, 5.74) is 0.644. The summed E-state index contributed by atoms with van der Waals surface area (Å²) in [5.74, 6) is 1.46. The summed E-state index contributed by atoms with van der Waals surface area (Å²) >= 11 is 1.48. The van der Waals surface area contributed by atoms with Gasteiger partial charge >= 0.3 is 0 Å². The van der Waals surface area contributed by atoms with Gasteiger partial charge in [-0.3, -0.25) is 4.79 Å². The van der Waals surface area contributed by atoms with Crippen LogP contribution >= 0.6 is 11.3 Å². The number of hydrogen-bond donors (Lipinski definition) is 1. The topological polar surface area (TPSA) is 51.3 Å². The highest BCUT2D eigenvalue weighted by atomic mass is 32.1. The summed E-state index contributed by atoms with van der Waals surface area (Å²) in [5, 5.41) is 3.02. The Hall–Kier alpha value is -2.53. The van der Waals surface area contributed by atoms with Crippen molar-refractivity contribution in [3.8, 4) is 11.5 Å². The highest BCUT2D eigenvalue weighted by Gasteiger charge is 2.14. The molecular formula is C17H13NO3S. The number of ether oxygens (including phenoxy) is 2. The molecule has 22 heavy (non-hydrogen) atoms. The number of nitrogens with one attached hydrogen (secondary N) is 1. The maximum Gasteiger partial charge on any atom is 0.266 e. The van der Waals surface area contributed by atoms with Gasteiger partial charge in [0.1, 0.15) is 16.2 Å². The number of hydrogen-bond acceptors (Lipinski definition) is 4. The fraction of sp³-hybridized carbons (Fsp3) is 0.118. The van der Waals surface area contributed by atoms with Gasteiger partial charge in [-0.05, 0) is 24.3 Å². The number of pyridine rings is 1. The lowest BCUT2D eigenvalue weighted by atomic mass is 10.1. The van der Waals surface area contributed by atoms with Gasteiger partial charge in [-0.2, -0.15) is 0 Å². The molecule has 0 radical (unpaired) electrons. The normalized spacial score (nSPS) is 11.4. The van der Waals surface area contributed by atoms with Crippen LogP contribution in [0.5, 0.6) is 11.5 Å². The predicted molar refractivity (Wildman–Crippen MR) is 90.6 cm³/mol. The molecule has 4 aromatic rings. The van der Waals surface area contributed by atoms with Crippen LogP contribution in [0.4, 0.5) is 0 Å². The number of rotatable bonds is 2. The van der Waals surface area contributed by atoms with E-state index in [-0.39, 0.29) is 5.56 Å². The van der Waals surface area contributed by atoms with Crippen molar-refractivity contribution in [3.63, 3.8) is 0 Å². The van der Waals surface area contributed by atoms with Gasteiger partial charge in [0.05, 0.1) is 19.7 Å². The summed E-state index contributed by atoms with van der Waals surface area (Å²) in [4.78, 5) is 15.4. The molecule has 0 fully saturated rings. The first kappa shape index (κ1) is 13.2. The average Bonchev–Trinajstić information content (AvgIpc) is 2.94. The van der Waals surface area contributed by atoms with Crippen molar-refractivity contribution < 1.29 is 9.47 Å². The molecule has 110 valence electrons. The lowest BCUT2D eigenvalue weighted by Gasteiger charge is -2.06. The van der Waals surface area contributed by atoms with Crippen molar-refractivity contribution in [1.82, 2.24) is 4.98 Å². The molecule has 0 aliphatic heterocycles. The van der Waals surface area contributed by atoms with E-state index in [1.807, 2.05) is 36.4 Å². The van der Waals surface area contributed by atoms with Crippen molar-refractivity contribution in [2.24, 2.45) is 0 Å². The van der Waals surface area contributed by atoms with E-state index in [1.165, 1.54) is 11.3 Å². The number of methoxy groups -OCH3 is 2. The highest BCUT2D eigenvalue weighted by Crippen LogP contribution is 2.38. The van der Waals surface area contributed by atoms with Gasteiger partial charge in [0.25, 0.3) is 5.56 Å². The van der Waals surface area contributed by atoms with E-state index in [4.69, 9.17) is 9.47 Å². The van der Waals surface area contributed by atoms with Crippen LogP contribution in [0.1, 0.15) is 0 Å². The van der Waals surface area contributed by atoms with Gasteiger partial charge in [0, 0.05) is 20.9 Å². The third kappa shape index (κ3) is 1.72. The van der Waals surface area contributed by atoms with Crippen molar-refractivity contribution in [2.75, 3.05) is 14.2 Å². The number of benzene rings is 2. The van der Waals surface area contributed by atoms with E-state index in [0.29, 0.717) is 5.75 Å². The number of H-pyrrole nitrogens is 1. The Morgan fingerprint density at radius 2 is 1.91 bits per heavy atom. The molecule has 2 aromatic heterocycles. The molecule has 0 unspecified atom stereocenters. The summed E-state index contributed by atoms with van der Waals surface area (Å²) in [7, 11) is 3.25. The molecule has 2 heterocycles. The highest BCUT2D eigenvalue weighted by molar-refractivity contribution is 7.26. The summed E-state index contributed by atoms with van der Waals surface area (Å²) in [6.07, 6.45) is 0. The number of para-hydroxylation sites is 1. The molecule has 0 saturated heterocycles. The molecule has 0 atom stereocenters. The van der Waals surface area contributed by atoms with Gasteiger partial charge in [0.15, 0.2) is 0 Å². The van der Waals surface area contributed by atoms with E-state index in [2.05, 4.69) is 4.98 Å². The number of aromatic nitrogens is 1. The maximum absolute atomic E-state index is 12.5. The summed E-state index contributed by atoms with van der Waals surface area (Å²) in [6.45, 7) is 0. The minimum Gasteiger partial charge on any atom is -0.497 e. The van der Waals surface area contributed by atoms with E-state index >= 15 is 0 Å². The first-order valence-corrected chi connectivity index (χ1v) is 7.64. The Morgan fingerprint density at radius 1 is 1.05 bits per heavy atom. The molecule has 0 aliphatic rings. The predicted octanol–water partition coefficient (Wildman–Crippen LogP) is 3.91. The van der Waals surface area contributed by atoms with Crippen LogP contribution < -0.4 is 15.0 Å². The zero-order valence-electron chi connectivity index (χ0n) is 12.1. The van der Waals surface area contributed by atoms with Crippen LogP contribution in [0.2, 0.25) is 0 Å². The second kappa shape index (κ2) is 4.74. The zero-order valence-corrected chi connectivity index (χ0v) is 12.9. The molecule has 0 aliphatic carbocycles. The third-order valence-corrected chi connectivity index (χ3v) is 5.01. The van der Waals surface area contributed by atoms with Crippen molar-refractivity contribution in [3.05, 3.63) is 46.8 Å². The van der Waals surface area contributed by atoms with Gasteiger partial charge in [-0.25, -0.2) is 0 Å². The lowest BCUT2D eigenvalue weighted by Crippen LogP contribution is -2.05. The largest absolute Gasteiger partial charge is 0.497 e. The zero-order chi connectivity index (χ0) is 15.3. The van der Waals surface area contributed by atoms with E-state index in [0.717, 1.165) is 36.8 Å². The SMILES string of the molecule is COc1ccc2c(c1)sc1c(=O)[nH]c3c(OC)cccc3c12. The number of thiophene rings is 1. The Labute approximate surface area is 129 Å². The Kier molecular flexibility index (Phi) is 2.84. The van der Waals surface area contributed by atoms with Gasteiger partial charge in [-0.15, -0.1) is 11.3 Å². The van der Waals surface area contributed by atoms with Crippen LogP contribution in [0.3, 0.4) is 0 Å². The number of fused-ring (bicyclic) bond motifs is 5. The molecule has 1 N–H and O–H groups in total. The molecule has 0 amide bonds. The molecule has 0 saturated carbocycles. The minimum atomic E-state index is -0.0906. The second-order valence-corrected chi connectivity index (χ2v) is 6.06. The molecule has 2 aromatic carbocycles. The molecule has 4 nitrogen and oxygen atoms in total. The molecule has 0 bridgehead atoms. The Balaban J connectivity index is 2.26.